The molecule has 1 saturated heterocycles. The summed E-state index contributed by atoms with van der Waals surface area (Å²) in [5.74, 6) is -0.298. The van der Waals surface area contributed by atoms with Gasteiger partial charge in [0.1, 0.15) is 5.75 Å². The van der Waals surface area contributed by atoms with E-state index in [2.05, 4.69) is 12.2 Å². The minimum atomic E-state index is -1.04. The lowest BCUT2D eigenvalue weighted by Crippen LogP contribution is -2.39. The lowest BCUT2D eigenvalue weighted by atomic mass is 9.87. The SMILES string of the molecule is Cc1cc(OCC(=O)O)ccc1NC(=O)C1CC(=O)N(C2CCC(C)CC2)C1. The first-order valence-corrected chi connectivity index (χ1v) is 9.89. The first-order valence-electron chi connectivity index (χ1n) is 9.89. The normalized spacial score (nSPS) is 24.9. The van der Waals surface area contributed by atoms with E-state index in [4.69, 9.17) is 9.84 Å². The number of aryl methyl sites for hydroxylation is 1. The van der Waals surface area contributed by atoms with Gasteiger partial charge in [0.2, 0.25) is 11.8 Å². The Morgan fingerprint density at radius 3 is 2.61 bits per heavy atom. The average molecular weight is 388 g/mol. The Kier molecular flexibility index (Phi) is 6.21. The van der Waals surface area contributed by atoms with Crippen molar-refractivity contribution in [1.82, 2.24) is 4.90 Å². The fourth-order valence-electron chi connectivity index (χ4n) is 4.06. The number of carboxylic acids is 1. The molecule has 1 aromatic rings. The summed E-state index contributed by atoms with van der Waals surface area (Å²) in [5.41, 5.74) is 1.42. The number of ether oxygens (including phenoxy) is 1. The van der Waals surface area contributed by atoms with Crippen LogP contribution >= 0.6 is 0 Å². The van der Waals surface area contributed by atoms with Crippen molar-refractivity contribution in [2.45, 2.75) is 52.0 Å². The van der Waals surface area contributed by atoms with Crippen molar-refractivity contribution >= 4 is 23.5 Å². The van der Waals surface area contributed by atoms with Crippen LogP contribution in [0.15, 0.2) is 18.2 Å². The van der Waals surface area contributed by atoms with E-state index in [1.54, 1.807) is 18.2 Å². The number of likely N-dealkylation sites (tertiary alicyclic amines) is 1. The number of benzene rings is 1. The zero-order valence-electron chi connectivity index (χ0n) is 16.4. The maximum Gasteiger partial charge on any atom is 0.341 e. The fourth-order valence-corrected chi connectivity index (χ4v) is 4.06. The summed E-state index contributed by atoms with van der Waals surface area (Å²) in [6, 6.07) is 5.28. The summed E-state index contributed by atoms with van der Waals surface area (Å²) in [5, 5.41) is 11.6. The fraction of sp³-hybridized carbons (Fsp3) is 0.571. The lowest BCUT2D eigenvalue weighted by molar-refractivity contribution is -0.139. The lowest BCUT2D eigenvalue weighted by Gasteiger charge is -2.33. The Bertz CT molecular complexity index is 755. The number of carboxylic acid groups (broad SMARTS) is 1. The van der Waals surface area contributed by atoms with Crippen molar-refractivity contribution in [3.05, 3.63) is 23.8 Å². The van der Waals surface area contributed by atoms with Gasteiger partial charge in [-0.25, -0.2) is 4.79 Å². The minimum Gasteiger partial charge on any atom is -0.482 e. The molecule has 0 bridgehead atoms. The van der Waals surface area contributed by atoms with Gasteiger partial charge in [0, 0.05) is 24.7 Å². The Balaban J connectivity index is 1.57. The Morgan fingerprint density at radius 2 is 1.96 bits per heavy atom. The molecule has 28 heavy (non-hydrogen) atoms. The van der Waals surface area contributed by atoms with Crippen molar-refractivity contribution in [1.29, 1.82) is 0 Å². The minimum absolute atomic E-state index is 0.0776. The summed E-state index contributed by atoms with van der Waals surface area (Å²) in [6.07, 6.45) is 4.59. The van der Waals surface area contributed by atoms with Crippen LogP contribution in [0.4, 0.5) is 5.69 Å². The second-order valence-corrected chi connectivity index (χ2v) is 8.01. The highest BCUT2D eigenvalue weighted by Crippen LogP contribution is 2.32. The van der Waals surface area contributed by atoms with Gasteiger partial charge in [-0.1, -0.05) is 6.92 Å². The highest BCUT2D eigenvalue weighted by molar-refractivity contribution is 5.97. The number of carbonyl (C=O) groups excluding carboxylic acids is 2. The molecule has 2 amide bonds. The largest absolute Gasteiger partial charge is 0.482 e. The van der Waals surface area contributed by atoms with Crippen LogP contribution in [0.3, 0.4) is 0 Å². The van der Waals surface area contributed by atoms with Crippen LogP contribution in [0.5, 0.6) is 5.75 Å². The van der Waals surface area contributed by atoms with Gasteiger partial charge in [0.25, 0.3) is 0 Å². The van der Waals surface area contributed by atoms with E-state index in [-0.39, 0.29) is 30.2 Å². The molecule has 0 spiro atoms. The Morgan fingerprint density at radius 1 is 1.25 bits per heavy atom. The van der Waals surface area contributed by atoms with Crippen LogP contribution in [0.25, 0.3) is 0 Å². The summed E-state index contributed by atoms with van der Waals surface area (Å²) < 4.78 is 5.15. The number of rotatable bonds is 6. The van der Waals surface area contributed by atoms with Gasteiger partial charge in [-0.15, -0.1) is 0 Å². The number of hydrogen-bond donors (Lipinski definition) is 2. The van der Waals surface area contributed by atoms with Gasteiger partial charge in [0.05, 0.1) is 5.92 Å². The number of aliphatic carboxylic acids is 1. The van der Waals surface area contributed by atoms with Crippen molar-refractivity contribution in [2.24, 2.45) is 11.8 Å². The van der Waals surface area contributed by atoms with Crippen LogP contribution in [0.2, 0.25) is 0 Å². The van der Waals surface area contributed by atoms with E-state index in [0.29, 0.717) is 18.0 Å². The smallest absolute Gasteiger partial charge is 0.341 e. The molecule has 152 valence electrons. The van der Waals surface area contributed by atoms with Crippen LogP contribution in [-0.4, -0.2) is 47.0 Å². The monoisotopic (exact) mass is 388 g/mol. The van der Waals surface area contributed by atoms with Gasteiger partial charge >= 0.3 is 5.97 Å². The predicted octanol–water partition coefficient (Wildman–Crippen LogP) is 2.82. The number of carbonyl (C=O) groups is 3. The molecule has 3 rings (SSSR count). The van der Waals surface area contributed by atoms with Crippen molar-refractivity contribution in [3.8, 4) is 5.75 Å². The van der Waals surface area contributed by atoms with E-state index >= 15 is 0 Å². The second-order valence-electron chi connectivity index (χ2n) is 8.01. The van der Waals surface area contributed by atoms with E-state index in [0.717, 1.165) is 37.2 Å². The van der Waals surface area contributed by atoms with Crippen molar-refractivity contribution in [3.63, 3.8) is 0 Å². The highest BCUT2D eigenvalue weighted by Gasteiger charge is 2.38. The standard InChI is InChI=1S/C21H28N2O5/c1-13-3-5-16(6-4-13)23-11-15(10-19(23)24)21(27)22-18-8-7-17(9-14(18)2)28-12-20(25)26/h7-9,13,15-16H,3-6,10-12H2,1-2H3,(H,22,27)(H,25,26). The molecule has 1 aliphatic carbocycles. The Labute approximate surface area is 165 Å². The molecular weight excluding hydrogens is 360 g/mol. The molecule has 2 N–H and O–H groups in total. The number of nitrogens with zero attached hydrogens (tertiary/aromatic N) is 1. The summed E-state index contributed by atoms with van der Waals surface area (Å²) >= 11 is 0. The average Bonchev–Trinajstić information content (AvgIpc) is 3.04. The van der Waals surface area contributed by atoms with E-state index in [1.165, 1.54) is 0 Å². The second kappa shape index (κ2) is 8.63. The maximum absolute atomic E-state index is 12.7. The maximum atomic E-state index is 12.7. The van der Waals surface area contributed by atoms with Gasteiger partial charge in [-0.05, 0) is 62.3 Å². The number of anilines is 1. The third-order valence-electron chi connectivity index (χ3n) is 5.77. The van der Waals surface area contributed by atoms with Crippen LogP contribution in [-0.2, 0) is 14.4 Å². The molecule has 1 heterocycles. The number of nitrogens with one attached hydrogen (secondary N) is 1. The molecular formula is C21H28N2O5. The summed E-state index contributed by atoms with van der Waals surface area (Å²) in [7, 11) is 0. The van der Waals surface area contributed by atoms with Gasteiger partial charge in [-0.3, -0.25) is 9.59 Å². The molecule has 1 atom stereocenters. The highest BCUT2D eigenvalue weighted by atomic mass is 16.5. The van der Waals surface area contributed by atoms with Crippen LogP contribution < -0.4 is 10.1 Å². The molecule has 7 nitrogen and oxygen atoms in total. The zero-order valence-corrected chi connectivity index (χ0v) is 16.4. The van der Waals surface area contributed by atoms with E-state index < -0.39 is 12.6 Å². The van der Waals surface area contributed by atoms with Gasteiger partial charge in [-0.2, -0.15) is 0 Å². The Hall–Kier alpha value is -2.57. The molecule has 0 aromatic heterocycles. The first-order chi connectivity index (χ1) is 13.3. The van der Waals surface area contributed by atoms with Gasteiger partial charge < -0.3 is 20.1 Å². The number of hydrogen-bond acceptors (Lipinski definition) is 4. The molecule has 7 heteroatoms. The molecule has 1 aliphatic heterocycles. The molecule has 0 radical (unpaired) electrons. The van der Waals surface area contributed by atoms with Crippen molar-refractivity contribution < 1.29 is 24.2 Å². The van der Waals surface area contributed by atoms with Gasteiger partial charge in [0.15, 0.2) is 6.61 Å². The third kappa shape index (κ3) is 4.82. The molecule has 1 saturated carbocycles. The molecule has 2 fully saturated rings. The van der Waals surface area contributed by atoms with E-state index in [1.807, 2.05) is 11.8 Å². The van der Waals surface area contributed by atoms with E-state index in [9.17, 15) is 14.4 Å². The summed E-state index contributed by atoms with van der Waals surface area (Å²) in [4.78, 5) is 37.6. The number of amides is 2. The zero-order chi connectivity index (χ0) is 20.3. The van der Waals surface area contributed by atoms with Crippen molar-refractivity contribution in [2.75, 3.05) is 18.5 Å². The molecule has 1 unspecified atom stereocenters. The van der Waals surface area contributed by atoms with Crippen LogP contribution in [0, 0.1) is 18.8 Å². The third-order valence-corrected chi connectivity index (χ3v) is 5.77. The van der Waals surface area contributed by atoms with Crippen LogP contribution in [0.1, 0.15) is 44.6 Å². The predicted molar refractivity (Wildman–Crippen MR) is 104 cm³/mol. The quantitative estimate of drug-likeness (QED) is 0.781. The topological polar surface area (TPSA) is 95.9 Å². The first kappa shape index (κ1) is 20.2. The summed E-state index contributed by atoms with van der Waals surface area (Å²) in [6.45, 7) is 4.14. The molecule has 2 aliphatic rings. The molecule has 1 aromatic carbocycles.